The van der Waals surface area contributed by atoms with E-state index >= 15 is 0 Å². The fourth-order valence-electron chi connectivity index (χ4n) is 1.30. The lowest BCUT2D eigenvalue weighted by atomic mass is 10.2. The number of aryl methyl sites for hydroxylation is 1. The molecule has 0 bridgehead atoms. The van der Waals surface area contributed by atoms with Crippen LogP contribution >= 0.6 is 34.3 Å². The second-order valence-corrected chi connectivity index (χ2v) is 6.04. The van der Waals surface area contributed by atoms with Gasteiger partial charge in [-0.25, -0.2) is 10.4 Å². The highest BCUT2D eigenvalue weighted by Gasteiger charge is 2.16. The molecule has 0 radical (unpaired) electrons. The number of hydrazine groups is 1. The van der Waals surface area contributed by atoms with Gasteiger partial charge in [0, 0.05) is 16.0 Å². The summed E-state index contributed by atoms with van der Waals surface area (Å²) in [6.07, 6.45) is 1.85. The van der Waals surface area contributed by atoms with Gasteiger partial charge in [-0.15, -0.1) is 22.7 Å². The van der Waals surface area contributed by atoms with Gasteiger partial charge in [0.1, 0.15) is 0 Å². The average molecular weight is 260 g/mol. The molecular weight excluding hydrogens is 250 g/mol. The fourth-order valence-corrected chi connectivity index (χ4v) is 3.38. The van der Waals surface area contributed by atoms with Crippen LogP contribution in [0.5, 0.6) is 0 Å². The molecule has 2 aromatic heterocycles. The summed E-state index contributed by atoms with van der Waals surface area (Å²) >= 11 is 9.05. The van der Waals surface area contributed by atoms with Gasteiger partial charge in [-0.2, -0.15) is 0 Å². The maximum absolute atomic E-state index is 5.89. The van der Waals surface area contributed by atoms with Gasteiger partial charge in [0.05, 0.1) is 15.4 Å². The topological polar surface area (TPSA) is 50.9 Å². The lowest BCUT2D eigenvalue weighted by Crippen LogP contribution is -2.27. The molecule has 2 heterocycles. The van der Waals surface area contributed by atoms with Gasteiger partial charge in [0.2, 0.25) is 0 Å². The van der Waals surface area contributed by atoms with E-state index in [4.69, 9.17) is 17.4 Å². The molecule has 3 N–H and O–H groups in total. The molecule has 0 saturated carbocycles. The Hall–Kier alpha value is -0.460. The summed E-state index contributed by atoms with van der Waals surface area (Å²) in [4.78, 5) is 6.42. The van der Waals surface area contributed by atoms with E-state index < -0.39 is 0 Å². The highest BCUT2D eigenvalue weighted by Crippen LogP contribution is 2.32. The van der Waals surface area contributed by atoms with Crippen LogP contribution in [0.4, 0.5) is 0 Å². The smallest absolute Gasteiger partial charge is 0.0931 e. The van der Waals surface area contributed by atoms with Crippen LogP contribution in [0.2, 0.25) is 4.34 Å². The highest BCUT2D eigenvalue weighted by atomic mass is 35.5. The molecule has 3 nitrogen and oxygen atoms in total. The van der Waals surface area contributed by atoms with Crippen molar-refractivity contribution < 1.29 is 0 Å². The van der Waals surface area contributed by atoms with Gasteiger partial charge < -0.3 is 0 Å². The first-order valence-electron chi connectivity index (χ1n) is 4.34. The summed E-state index contributed by atoms with van der Waals surface area (Å²) in [7, 11) is 0. The number of hydrogen-bond donors (Lipinski definition) is 2. The van der Waals surface area contributed by atoms with Crippen LogP contribution in [0.1, 0.15) is 20.8 Å². The summed E-state index contributed by atoms with van der Waals surface area (Å²) in [5.74, 6) is 5.55. The second kappa shape index (κ2) is 4.59. The lowest BCUT2D eigenvalue weighted by molar-refractivity contribution is 0.655. The maximum Gasteiger partial charge on any atom is 0.0931 e. The third kappa shape index (κ3) is 2.38. The molecule has 2 rings (SSSR count). The van der Waals surface area contributed by atoms with E-state index in [1.165, 1.54) is 11.3 Å². The second-order valence-electron chi connectivity index (χ2n) is 3.02. The molecule has 0 aliphatic rings. The minimum atomic E-state index is -0.00583. The minimum absolute atomic E-state index is 0.00583. The fraction of sp³-hybridized carbons (Fsp3) is 0.222. The van der Waals surface area contributed by atoms with Crippen molar-refractivity contribution in [2.75, 3.05) is 0 Å². The molecule has 6 heteroatoms. The van der Waals surface area contributed by atoms with Gasteiger partial charge in [0.15, 0.2) is 0 Å². The average Bonchev–Trinajstić information content (AvgIpc) is 2.78. The van der Waals surface area contributed by atoms with Gasteiger partial charge in [-0.05, 0) is 19.1 Å². The Bertz CT molecular complexity index is 411. The van der Waals surface area contributed by atoms with E-state index in [-0.39, 0.29) is 6.04 Å². The number of nitrogens with one attached hydrogen (secondary N) is 1. The van der Waals surface area contributed by atoms with Crippen molar-refractivity contribution in [3.05, 3.63) is 37.4 Å². The van der Waals surface area contributed by atoms with E-state index in [9.17, 15) is 0 Å². The Morgan fingerprint density at radius 2 is 2.20 bits per heavy atom. The molecule has 15 heavy (non-hydrogen) atoms. The summed E-state index contributed by atoms with van der Waals surface area (Å²) in [5.41, 5.74) is 2.78. The van der Waals surface area contributed by atoms with E-state index in [0.29, 0.717) is 0 Å². The van der Waals surface area contributed by atoms with Crippen LogP contribution in [0, 0.1) is 6.92 Å². The van der Waals surface area contributed by atoms with Crippen LogP contribution in [0.3, 0.4) is 0 Å². The number of nitrogens with zero attached hydrogens (tertiary/aromatic N) is 1. The number of thiophene rings is 1. The summed E-state index contributed by atoms with van der Waals surface area (Å²) in [6, 6.07) is 3.85. The zero-order chi connectivity index (χ0) is 10.8. The molecule has 80 valence electrons. The van der Waals surface area contributed by atoms with E-state index in [1.54, 1.807) is 11.3 Å². The van der Waals surface area contributed by atoms with Gasteiger partial charge >= 0.3 is 0 Å². The molecule has 0 fully saturated rings. The minimum Gasteiger partial charge on any atom is -0.271 e. The predicted molar refractivity (Wildman–Crippen MR) is 65.3 cm³/mol. The largest absolute Gasteiger partial charge is 0.271 e. The SMILES string of the molecule is Cc1ncc(C(NN)c2ccc(Cl)s2)s1. The van der Waals surface area contributed by atoms with Gasteiger partial charge in [-0.3, -0.25) is 5.84 Å². The first kappa shape index (κ1) is 11.0. The highest BCUT2D eigenvalue weighted by molar-refractivity contribution is 7.16. The van der Waals surface area contributed by atoms with E-state index in [0.717, 1.165) is 19.1 Å². The maximum atomic E-state index is 5.89. The van der Waals surface area contributed by atoms with Gasteiger partial charge in [-0.1, -0.05) is 11.6 Å². The van der Waals surface area contributed by atoms with Crippen molar-refractivity contribution >= 4 is 34.3 Å². The predicted octanol–water partition coefficient (Wildman–Crippen LogP) is 2.72. The number of halogens is 1. The standard InChI is InChI=1S/C9H10ClN3S2/c1-5-12-4-7(14-5)9(13-11)6-2-3-8(10)15-6/h2-4,9,13H,11H2,1H3. The Morgan fingerprint density at radius 1 is 1.40 bits per heavy atom. The molecule has 1 unspecified atom stereocenters. The summed E-state index contributed by atoms with van der Waals surface area (Å²) in [5, 5.41) is 1.04. The molecule has 0 spiro atoms. The first-order valence-corrected chi connectivity index (χ1v) is 6.35. The lowest BCUT2D eigenvalue weighted by Gasteiger charge is -2.10. The number of nitrogens with two attached hydrogens (primary N) is 1. The Labute approximate surface area is 101 Å². The zero-order valence-electron chi connectivity index (χ0n) is 8.03. The third-order valence-corrected chi connectivity index (χ3v) is 4.24. The molecule has 0 aromatic carbocycles. The van der Waals surface area contributed by atoms with Crippen LogP contribution in [-0.4, -0.2) is 4.98 Å². The summed E-state index contributed by atoms with van der Waals surface area (Å²) < 4.78 is 0.770. The van der Waals surface area contributed by atoms with Crippen molar-refractivity contribution in [3.8, 4) is 0 Å². The third-order valence-electron chi connectivity index (χ3n) is 1.97. The Morgan fingerprint density at radius 3 is 2.67 bits per heavy atom. The van der Waals surface area contributed by atoms with Gasteiger partial charge in [0.25, 0.3) is 0 Å². The Balaban J connectivity index is 2.32. The molecule has 0 aliphatic heterocycles. The molecule has 0 aliphatic carbocycles. The van der Waals surface area contributed by atoms with Crippen LogP contribution in [0.25, 0.3) is 0 Å². The van der Waals surface area contributed by atoms with E-state index in [1.807, 2.05) is 25.3 Å². The number of rotatable bonds is 3. The monoisotopic (exact) mass is 259 g/mol. The van der Waals surface area contributed by atoms with Crippen molar-refractivity contribution in [1.82, 2.24) is 10.4 Å². The molecule has 1 atom stereocenters. The molecule has 0 amide bonds. The molecule has 0 saturated heterocycles. The van der Waals surface area contributed by atoms with Crippen molar-refractivity contribution in [2.24, 2.45) is 5.84 Å². The molecule has 2 aromatic rings. The number of aromatic nitrogens is 1. The normalized spacial score (nSPS) is 13.0. The van der Waals surface area contributed by atoms with Crippen LogP contribution in [0.15, 0.2) is 18.3 Å². The van der Waals surface area contributed by atoms with Crippen LogP contribution < -0.4 is 11.3 Å². The number of thiazole rings is 1. The van der Waals surface area contributed by atoms with Crippen molar-refractivity contribution in [2.45, 2.75) is 13.0 Å². The van der Waals surface area contributed by atoms with Crippen molar-refractivity contribution in [3.63, 3.8) is 0 Å². The zero-order valence-corrected chi connectivity index (χ0v) is 10.4. The summed E-state index contributed by atoms with van der Waals surface area (Å²) in [6.45, 7) is 1.98. The molecular formula is C9H10ClN3S2. The quantitative estimate of drug-likeness (QED) is 0.658. The van der Waals surface area contributed by atoms with Crippen LogP contribution in [-0.2, 0) is 0 Å². The first-order chi connectivity index (χ1) is 7.20. The Kier molecular flexibility index (Phi) is 3.38. The number of hydrogen-bond acceptors (Lipinski definition) is 5. The van der Waals surface area contributed by atoms with E-state index in [2.05, 4.69) is 10.4 Å². The van der Waals surface area contributed by atoms with Crippen molar-refractivity contribution in [1.29, 1.82) is 0 Å².